The standard InChI is InChI=1S/C21H22N2O4/c1-26-17-10-16(11-18(12-17)27-2)22-20(24)15-5-6-19-14(9-15)7-8-23(19)21(25)13-3-4-13/h5-6,9-13H,3-4,7-8H2,1-2H3,(H,22,24). The van der Waals surface area contributed by atoms with Crippen LogP contribution >= 0.6 is 0 Å². The maximum atomic E-state index is 12.7. The lowest BCUT2D eigenvalue weighted by Gasteiger charge is -2.17. The Morgan fingerprint density at radius 1 is 1.04 bits per heavy atom. The van der Waals surface area contributed by atoms with E-state index in [-0.39, 0.29) is 17.7 Å². The second-order valence-electron chi connectivity index (χ2n) is 6.91. The van der Waals surface area contributed by atoms with Gasteiger partial charge in [0, 0.05) is 47.6 Å². The van der Waals surface area contributed by atoms with Gasteiger partial charge in [0.25, 0.3) is 5.91 Å². The fourth-order valence-electron chi connectivity index (χ4n) is 3.41. The number of anilines is 2. The highest BCUT2D eigenvalue weighted by Crippen LogP contribution is 2.37. The van der Waals surface area contributed by atoms with E-state index in [4.69, 9.17) is 9.47 Å². The molecule has 0 spiro atoms. The number of nitrogens with one attached hydrogen (secondary N) is 1. The van der Waals surface area contributed by atoms with E-state index in [0.717, 1.165) is 30.5 Å². The number of amides is 2. The van der Waals surface area contributed by atoms with Crippen LogP contribution in [0.15, 0.2) is 36.4 Å². The maximum absolute atomic E-state index is 12.7. The summed E-state index contributed by atoms with van der Waals surface area (Å²) in [6.45, 7) is 0.697. The number of ether oxygens (including phenoxy) is 2. The van der Waals surface area contributed by atoms with Gasteiger partial charge in [-0.1, -0.05) is 0 Å². The summed E-state index contributed by atoms with van der Waals surface area (Å²) < 4.78 is 10.5. The van der Waals surface area contributed by atoms with E-state index in [1.54, 1.807) is 38.5 Å². The van der Waals surface area contributed by atoms with Gasteiger partial charge in [0.05, 0.1) is 14.2 Å². The van der Waals surface area contributed by atoms with Crippen molar-refractivity contribution in [2.75, 3.05) is 31.0 Å². The summed E-state index contributed by atoms with van der Waals surface area (Å²) in [6.07, 6.45) is 2.77. The number of benzene rings is 2. The third-order valence-corrected chi connectivity index (χ3v) is 5.04. The van der Waals surface area contributed by atoms with Crippen molar-refractivity contribution in [1.82, 2.24) is 0 Å². The van der Waals surface area contributed by atoms with E-state index in [1.807, 2.05) is 17.0 Å². The van der Waals surface area contributed by atoms with E-state index in [1.165, 1.54) is 0 Å². The number of rotatable bonds is 5. The molecule has 1 fully saturated rings. The van der Waals surface area contributed by atoms with Gasteiger partial charge in [-0.05, 0) is 43.0 Å². The zero-order valence-electron chi connectivity index (χ0n) is 15.5. The third-order valence-electron chi connectivity index (χ3n) is 5.04. The van der Waals surface area contributed by atoms with Crippen LogP contribution in [0.4, 0.5) is 11.4 Å². The minimum Gasteiger partial charge on any atom is -0.497 e. The van der Waals surface area contributed by atoms with Gasteiger partial charge in [-0.25, -0.2) is 0 Å². The number of hydrogen-bond acceptors (Lipinski definition) is 4. The molecule has 6 nitrogen and oxygen atoms in total. The summed E-state index contributed by atoms with van der Waals surface area (Å²) in [5.41, 5.74) is 3.14. The van der Waals surface area contributed by atoms with Crippen LogP contribution in [0.3, 0.4) is 0 Å². The van der Waals surface area contributed by atoms with E-state index >= 15 is 0 Å². The molecule has 2 amide bonds. The molecule has 2 aromatic rings. The van der Waals surface area contributed by atoms with Gasteiger partial charge in [-0.15, -0.1) is 0 Å². The first kappa shape index (κ1) is 17.4. The normalized spacial score (nSPS) is 15.3. The maximum Gasteiger partial charge on any atom is 0.255 e. The second-order valence-corrected chi connectivity index (χ2v) is 6.91. The van der Waals surface area contributed by atoms with Gasteiger partial charge in [0.1, 0.15) is 11.5 Å². The zero-order valence-corrected chi connectivity index (χ0v) is 15.5. The fraction of sp³-hybridized carbons (Fsp3) is 0.333. The number of fused-ring (bicyclic) bond motifs is 1. The highest BCUT2D eigenvalue weighted by atomic mass is 16.5. The van der Waals surface area contributed by atoms with Crippen molar-refractivity contribution < 1.29 is 19.1 Å². The molecule has 0 aromatic heterocycles. The Morgan fingerprint density at radius 3 is 2.37 bits per heavy atom. The minimum absolute atomic E-state index is 0.196. The third kappa shape index (κ3) is 3.47. The molecule has 0 radical (unpaired) electrons. The van der Waals surface area contributed by atoms with Crippen molar-refractivity contribution in [3.8, 4) is 11.5 Å². The topological polar surface area (TPSA) is 67.9 Å². The number of carbonyl (C=O) groups is 2. The molecule has 27 heavy (non-hydrogen) atoms. The van der Waals surface area contributed by atoms with Crippen LogP contribution in [0.5, 0.6) is 11.5 Å². The number of nitrogens with zero attached hydrogens (tertiary/aromatic N) is 1. The molecular weight excluding hydrogens is 344 g/mol. The van der Waals surface area contributed by atoms with Crippen molar-refractivity contribution in [2.24, 2.45) is 5.92 Å². The summed E-state index contributed by atoms with van der Waals surface area (Å²) in [5, 5.41) is 2.88. The fourth-order valence-corrected chi connectivity index (χ4v) is 3.41. The minimum atomic E-state index is -0.208. The zero-order chi connectivity index (χ0) is 19.0. The van der Waals surface area contributed by atoms with Crippen molar-refractivity contribution in [3.63, 3.8) is 0 Å². The lowest BCUT2D eigenvalue weighted by Crippen LogP contribution is -2.30. The van der Waals surface area contributed by atoms with Crippen LogP contribution in [0.1, 0.15) is 28.8 Å². The highest BCUT2D eigenvalue weighted by molar-refractivity contribution is 6.05. The predicted molar refractivity (Wildman–Crippen MR) is 103 cm³/mol. The second kappa shape index (κ2) is 6.95. The van der Waals surface area contributed by atoms with Crippen molar-refractivity contribution >= 4 is 23.2 Å². The molecule has 0 atom stereocenters. The van der Waals surface area contributed by atoms with Crippen molar-refractivity contribution in [2.45, 2.75) is 19.3 Å². The molecule has 4 rings (SSSR count). The quantitative estimate of drug-likeness (QED) is 0.882. The molecule has 2 aromatic carbocycles. The Kier molecular flexibility index (Phi) is 4.48. The van der Waals surface area contributed by atoms with Crippen molar-refractivity contribution in [1.29, 1.82) is 0 Å². The van der Waals surface area contributed by atoms with E-state index in [9.17, 15) is 9.59 Å². The van der Waals surface area contributed by atoms with Crippen LogP contribution < -0.4 is 19.7 Å². The Bertz CT molecular complexity index is 883. The number of carbonyl (C=O) groups excluding carboxylic acids is 2. The van der Waals surface area contributed by atoms with E-state index < -0.39 is 0 Å². The summed E-state index contributed by atoms with van der Waals surface area (Å²) in [6, 6.07) is 10.8. The van der Waals surface area contributed by atoms with E-state index in [2.05, 4.69) is 5.32 Å². The van der Waals surface area contributed by atoms with Crippen LogP contribution in [0.2, 0.25) is 0 Å². The molecule has 1 aliphatic carbocycles. The predicted octanol–water partition coefficient (Wildman–Crippen LogP) is 3.26. The van der Waals surface area contributed by atoms with Gasteiger partial charge >= 0.3 is 0 Å². The largest absolute Gasteiger partial charge is 0.497 e. The number of hydrogen-bond donors (Lipinski definition) is 1. The van der Waals surface area contributed by atoms with Gasteiger partial charge in [0.15, 0.2) is 0 Å². The highest BCUT2D eigenvalue weighted by Gasteiger charge is 2.36. The molecule has 0 saturated heterocycles. The molecule has 0 unspecified atom stereocenters. The molecule has 2 aliphatic rings. The summed E-state index contributed by atoms with van der Waals surface area (Å²) in [4.78, 5) is 26.9. The number of methoxy groups -OCH3 is 2. The molecule has 140 valence electrons. The van der Waals surface area contributed by atoms with E-state index in [0.29, 0.717) is 29.3 Å². The van der Waals surface area contributed by atoms with Gasteiger partial charge in [-0.2, -0.15) is 0 Å². The van der Waals surface area contributed by atoms with Gasteiger partial charge in [0.2, 0.25) is 5.91 Å². The van der Waals surface area contributed by atoms with Gasteiger partial charge < -0.3 is 19.7 Å². The summed E-state index contributed by atoms with van der Waals surface area (Å²) >= 11 is 0. The van der Waals surface area contributed by atoms with Crippen LogP contribution in [-0.4, -0.2) is 32.6 Å². The summed E-state index contributed by atoms with van der Waals surface area (Å²) in [5.74, 6) is 1.41. The SMILES string of the molecule is COc1cc(NC(=O)c2ccc3c(c2)CCN3C(=O)C2CC2)cc(OC)c1. The molecule has 1 saturated carbocycles. The Hall–Kier alpha value is -3.02. The first-order chi connectivity index (χ1) is 13.1. The first-order valence-electron chi connectivity index (χ1n) is 9.08. The van der Waals surface area contributed by atoms with Crippen molar-refractivity contribution in [3.05, 3.63) is 47.5 Å². The summed E-state index contributed by atoms with van der Waals surface area (Å²) in [7, 11) is 3.13. The lowest BCUT2D eigenvalue weighted by molar-refractivity contribution is -0.119. The average Bonchev–Trinajstić information content (AvgIpc) is 3.46. The lowest BCUT2D eigenvalue weighted by atomic mass is 10.1. The Labute approximate surface area is 158 Å². The molecule has 1 N–H and O–H groups in total. The monoisotopic (exact) mass is 366 g/mol. The van der Waals surface area contributed by atoms with Gasteiger partial charge in [-0.3, -0.25) is 9.59 Å². The Balaban J connectivity index is 1.53. The molecule has 6 heteroatoms. The first-order valence-corrected chi connectivity index (χ1v) is 9.08. The van der Waals surface area contributed by atoms with Crippen LogP contribution in [0, 0.1) is 5.92 Å². The molecule has 1 heterocycles. The molecule has 0 bridgehead atoms. The Morgan fingerprint density at radius 2 is 1.74 bits per heavy atom. The molecular formula is C21H22N2O4. The average molecular weight is 366 g/mol. The molecule has 1 aliphatic heterocycles. The smallest absolute Gasteiger partial charge is 0.255 e. The van der Waals surface area contributed by atoms with Crippen LogP contribution in [-0.2, 0) is 11.2 Å². The van der Waals surface area contributed by atoms with Crippen LogP contribution in [0.25, 0.3) is 0 Å².